The molecule has 5 rings (SSSR count). The summed E-state index contributed by atoms with van der Waals surface area (Å²) in [5, 5.41) is 0.188. The standard InChI is InChI=1S/C16H24ClNO/c1-15-5-11-4-12(6-15)8-16(7-11,10-15)14(19)18-3-2-13(17)9-18/h11-13H,2-10H2,1H3. The van der Waals surface area contributed by atoms with Gasteiger partial charge in [-0.15, -0.1) is 11.6 Å². The Balaban J connectivity index is 1.61. The number of nitrogens with zero attached hydrogens (tertiary/aromatic N) is 1. The Bertz CT molecular complexity index is 407. The minimum atomic E-state index is -0.000216. The lowest BCUT2D eigenvalue weighted by molar-refractivity contribution is -0.165. The van der Waals surface area contributed by atoms with Crippen LogP contribution in [0, 0.1) is 22.7 Å². The highest BCUT2D eigenvalue weighted by Gasteiger charge is 2.59. The maximum absolute atomic E-state index is 13.1. The average molecular weight is 282 g/mol. The molecule has 0 N–H and O–H groups in total. The van der Waals surface area contributed by atoms with Crippen molar-refractivity contribution in [2.75, 3.05) is 13.1 Å². The molecule has 106 valence electrons. The van der Waals surface area contributed by atoms with E-state index in [0.29, 0.717) is 11.3 Å². The molecule has 4 aliphatic carbocycles. The minimum absolute atomic E-state index is 0.000216. The molecule has 4 saturated carbocycles. The van der Waals surface area contributed by atoms with Gasteiger partial charge in [-0.3, -0.25) is 4.79 Å². The third kappa shape index (κ3) is 1.86. The van der Waals surface area contributed by atoms with Crippen molar-refractivity contribution in [2.45, 2.75) is 57.2 Å². The van der Waals surface area contributed by atoms with Gasteiger partial charge < -0.3 is 4.90 Å². The van der Waals surface area contributed by atoms with E-state index in [-0.39, 0.29) is 10.8 Å². The molecule has 1 saturated heterocycles. The van der Waals surface area contributed by atoms with Crippen LogP contribution in [0.15, 0.2) is 0 Å². The van der Waals surface area contributed by atoms with Gasteiger partial charge in [-0.2, -0.15) is 0 Å². The molecule has 19 heavy (non-hydrogen) atoms. The van der Waals surface area contributed by atoms with Crippen LogP contribution in [0.25, 0.3) is 0 Å². The van der Waals surface area contributed by atoms with Crippen LogP contribution in [0.2, 0.25) is 0 Å². The van der Waals surface area contributed by atoms with Crippen LogP contribution >= 0.6 is 11.6 Å². The van der Waals surface area contributed by atoms with Crippen molar-refractivity contribution in [3.63, 3.8) is 0 Å². The molecule has 1 amide bonds. The molecule has 3 atom stereocenters. The Kier molecular flexibility index (Phi) is 2.57. The smallest absolute Gasteiger partial charge is 0.228 e. The highest BCUT2D eigenvalue weighted by atomic mass is 35.5. The molecular weight excluding hydrogens is 258 g/mol. The summed E-state index contributed by atoms with van der Waals surface area (Å²) in [4.78, 5) is 15.1. The monoisotopic (exact) mass is 281 g/mol. The normalized spacial score (nSPS) is 51.9. The van der Waals surface area contributed by atoms with Gasteiger partial charge in [0.25, 0.3) is 0 Å². The zero-order valence-corrected chi connectivity index (χ0v) is 12.6. The van der Waals surface area contributed by atoms with Crippen LogP contribution in [-0.2, 0) is 4.79 Å². The SMILES string of the molecule is CC12CC3CC(C1)CC(C(=O)N1CCC(Cl)C1)(C3)C2. The fourth-order valence-electron chi connectivity index (χ4n) is 6.21. The lowest BCUT2D eigenvalue weighted by Crippen LogP contribution is -2.57. The second-order valence-corrected chi connectivity index (χ2v) is 8.81. The lowest BCUT2D eigenvalue weighted by atomic mass is 9.44. The predicted octanol–water partition coefficient (Wildman–Crippen LogP) is 3.43. The van der Waals surface area contributed by atoms with Crippen LogP contribution in [-0.4, -0.2) is 29.3 Å². The first-order chi connectivity index (χ1) is 8.98. The molecule has 0 aromatic rings. The summed E-state index contributed by atoms with van der Waals surface area (Å²) in [5.41, 5.74) is 0.458. The summed E-state index contributed by atoms with van der Waals surface area (Å²) < 4.78 is 0. The molecule has 2 nitrogen and oxygen atoms in total. The number of amides is 1. The van der Waals surface area contributed by atoms with Crippen molar-refractivity contribution in [2.24, 2.45) is 22.7 Å². The number of halogens is 1. The predicted molar refractivity (Wildman–Crippen MR) is 76.1 cm³/mol. The Morgan fingerprint density at radius 2 is 1.89 bits per heavy atom. The van der Waals surface area contributed by atoms with Crippen molar-refractivity contribution in [1.82, 2.24) is 4.90 Å². The van der Waals surface area contributed by atoms with Crippen LogP contribution in [0.1, 0.15) is 51.9 Å². The number of carbonyl (C=O) groups is 1. The highest BCUT2D eigenvalue weighted by Crippen LogP contribution is 2.65. The number of hydrogen-bond acceptors (Lipinski definition) is 1. The van der Waals surface area contributed by atoms with E-state index in [4.69, 9.17) is 11.6 Å². The maximum Gasteiger partial charge on any atom is 0.228 e. The lowest BCUT2D eigenvalue weighted by Gasteiger charge is -2.61. The summed E-state index contributed by atoms with van der Waals surface area (Å²) in [6.45, 7) is 4.11. The van der Waals surface area contributed by atoms with Gasteiger partial charge in [-0.1, -0.05) is 6.92 Å². The zero-order chi connectivity index (χ0) is 13.3. The maximum atomic E-state index is 13.1. The zero-order valence-electron chi connectivity index (χ0n) is 11.8. The Morgan fingerprint density at radius 1 is 1.21 bits per heavy atom. The molecule has 4 bridgehead atoms. The molecule has 5 aliphatic rings. The van der Waals surface area contributed by atoms with Crippen molar-refractivity contribution in [1.29, 1.82) is 0 Å². The second kappa shape index (κ2) is 3.90. The summed E-state index contributed by atoms with van der Waals surface area (Å²) in [6, 6.07) is 0. The second-order valence-electron chi connectivity index (χ2n) is 8.19. The van der Waals surface area contributed by atoms with Crippen molar-refractivity contribution >= 4 is 17.5 Å². The number of likely N-dealkylation sites (tertiary alicyclic amines) is 1. The first-order valence-corrected chi connectivity index (χ1v) is 8.35. The van der Waals surface area contributed by atoms with Gasteiger partial charge in [0.05, 0.1) is 10.8 Å². The molecule has 0 spiro atoms. The number of alkyl halides is 1. The molecule has 0 aromatic carbocycles. The van der Waals surface area contributed by atoms with Crippen LogP contribution in [0.4, 0.5) is 0 Å². The van der Waals surface area contributed by atoms with Crippen molar-refractivity contribution in [3.8, 4) is 0 Å². The van der Waals surface area contributed by atoms with Crippen molar-refractivity contribution in [3.05, 3.63) is 0 Å². The topological polar surface area (TPSA) is 20.3 Å². The van der Waals surface area contributed by atoms with Gasteiger partial charge in [0.15, 0.2) is 0 Å². The summed E-state index contributed by atoms with van der Waals surface area (Å²) in [5.74, 6) is 2.10. The van der Waals surface area contributed by atoms with Crippen LogP contribution in [0.3, 0.4) is 0 Å². The van der Waals surface area contributed by atoms with E-state index in [2.05, 4.69) is 11.8 Å². The Labute approximate surface area is 120 Å². The molecule has 0 aromatic heterocycles. The largest absolute Gasteiger partial charge is 0.341 e. The van der Waals surface area contributed by atoms with Gasteiger partial charge in [0.1, 0.15) is 0 Å². The van der Waals surface area contributed by atoms with E-state index in [0.717, 1.165) is 37.8 Å². The van der Waals surface area contributed by atoms with Crippen LogP contribution < -0.4 is 0 Å². The number of hydrogen-bond donors (Lipinski definition) is 0. The first-order valence-electron chi connectivity index (χ1n) is 7.92. The molecule has 1 heterocycles. The molecular formula is C16H24ClNO. The summed E-state index contributed by atoms with van der Waals surface area (Å²) >= 11 is 6.19. The van der Waals surface area contributed by atoms with E-state index >= 15 is 0 Å². The van der Waals surface area contributed by atoms with E-state index < -0.39 is 0 Å². The van der Waals surface area contributed by atoms with E-state index in [1.165, 1.54) is 32.1 Å². The Hall–Kier alpha value is -0.240. The van der Waals surface area contributed by atoms with Gasteiger partial charge in [-0.25, -0.2) is 0 Å². The van der Waals surface area contributed by atoms with Crippen molar-refractivity contribution < 1.29 is 4.79 Å². The quantitative estimate of drug-likeness (QED) is 0.674. The third-order valence-electron chi connectivity index (χ3n) is 6.23. The minimum Gasteiger partial charge on any atom is -0.341 e. The van der Waals surface area contributed by atoms with E-state index in [9.17, 15) is 4.79 Å². The van der Waals surface area contributed by atoms with Crippen LogP contribution in [0.5, 0.6) is 0 Å². The Morgan fingerprint density at radius 3 is 2.42 bits per heavy atom. The first kappa shape index (κ1) is 12.5. The van der Waals surface area contributed by atoms with Gasteiger partial charge >= 0.3 is 0 Å². The molecule has 3 heteroatoms. The van der Waals surface area contributed by atoms with Gasteiger partial charge in [-0.05, 0) is 62.2 Å². The van der Waals surface area contributed by atoms with Gasteiger partial charge in [0.2, 0.25) is 5.91 Å². The summed E-state index contributed by atoms with van der Waals surface area (Å²) in [7, 11) is 0. The number of carbonyl (C=O) groups excluding carboxylic acids is 1. The molecule has 5 fully saturated rings. The fraction of sp³-hybridized carbons (Fsp3) is 0.938. The average Bonchev–Trinajstić information content (AvgIpc) is 2.71. The highest BCUT2D eigenvalue weighted by molar-refractivity contribution is 6.21. The third-order valence-corrected chi connectivity index (χ3v) is 6.58. The van der Waals surface area contributed by atoms with Gasteiger partial charge in [0, 0.05) is 13.1 Å². The number of rotatable bonds is 1. The summed E-state index contributed by atoms with van der Waals surface area (Å²) in [6.07, 6.45) is 8.60. The molecule has 3 unspecified atom stereocenters. The fourth-order valence-corrected chi connectivity index (χ4v) is 6.47. The molecule has 0 radical (unpaired) electrons. The van der Waals surface area contributed by atoms with E-state index in [1.807, 2.05) is 0 Å². The molecule has 1 aliphatic heterocycles. The van der Waals surface area contributed by atoms with E-state index in [1.54, 1.807) is 0 Å².